The van der Waals surface area contributed by atoms with E-state index in [0.717, 1.165) is 0 Å². The standard InChI is InChI=1S/C21H33N7O6S/c1-11(17(30)27-15(20(33)34)3-2-8-25-21(23)24)26-19(32)16(28-18(31)14(22)10-35)9-12-4-6-13(29)7-5-12/h4-7,11,14-16,29,35H,2-3,8-10,22H2,1H3,(H,26,32)(H,27,30)(H,28,31)(H,33,34)(H4,23,24,25). The average Bonchev–Trinajstić information content (AvgIpc) is 2.80. The van der Waals surface area contributed by atoms with E-state index in [1.165, 1.54) is 19.1 Å². The molecule has 4 unspecified atom stereocenters. The van der Waals surface area contributed by atoms with Crippen molar-refractivity contribution in [3.05, 3.63) is 29.8 Å². The molecule has 0 heterocycles. The lowest BCUT2D eigenvalue weighted by molar-refractivity contribution is -0.142. The first-order chi connectivity index (χ1) is 16.4. The SMILES string of the molecule is CC(NC(=O)C(Cc1ccc(O)cc1)NC(=O)C(N)CS)C(=O)NC(CCCN=C(N)N)C(=O)O. The summed E-state index contributed by atoms with van der Waals surface area (Å²) in [4.78, 5) is 52.9. The van der Waals surface area contributed by atoms with Gasteiger partial charge in [0.05, 0.1) is 6.04 Å². The van der Waals surface area contributed by atoms with Crippen LogP contribution in [0, 0.1) is 0 Å². The first kappa shape index (κ1) is 29.5. The molecule has 0 radical (unpaired) electrons. The Balaban J connectivity index is 2.84. The average molecular weight is 512 g/mol. The molecule has 0 spiro atoms. The molecule has 0 aliphatic carbocycles. The summed E-state index contributed by atoms with van der Waals surface area (Å²) in [6.45, 7) is 1.58. The zero-order chi connectivity index (χ0) is 26.5. The number of aromatic hydroxyl groups is 1. The number of nitrogens with two attached hydrogens (primary N) is 3. The number of nitrogens with zero attached hydrogens (tertiary/aromatic N) is 1. The topological polar surface area (TPSA) is 235 Å². The zero-order valence-electron chi connectivity index (χ0n) is 19.3. The van der Waals surface area contributed by atoms with Gasteiger partial charge in [0, 0.05) is 18.7 Å². The number of hydrogen-bond acceptors (Lipinski definition) is 8. The minimum Gasteiger partial charge on any atom is -0.508 e. The Bertz CT molecular complexity index is 908. The fourth-order valence-corrected chi connectivity index (χ4v) is 3.04. The maximum atomic E-state index is 12.9. The van der Waals surface area contributed by atoms with Gasteiger partial charge >= 0.3 is 5.97 Å². The van der Waals surface area contributed by atoms with Crippen molar-refractivity contribution in [2.75, 3.05) is 12.3 Å². The molecule has 194 valence electrons. The van der Waals surface area contributed by atoms with E-state index in [1.54, 1.807) is 12.1 Å². The lowest BCUT2D eigenvalue weighted by Gasteiger charge is -2.23. The number of carboxylic acids is 1. The summed E-state index contributed by atoms with van der Waals surface area (Å²) in [5.41, 5.74) is 16.8. The second-order valence-electron chi connectivity index (χ2n) is 7.80. The second-order valence-corrected chi connectivity index (χ2v) is 8.16. The van der Waals surface area contributed by atoms with Crippen LogP contribution in [0.3, 0.4) is 0 Å². The molecule has 4 atom stereocenters. The molecule has 0 fully saturated rings. The monoisotopic (exact) mass is 511 g/mol. The maximum absolute atomic E-state index is 12.9. The van der Waals surface area contributed by atoms with Crippen molar-refractivity contribution in [2.45, 2.75) is 50.4 Å². The Kier molecular flexibility index (Phi) is 12.4. The van der Waals surface area contributed by atoms with E-state index < -0.39 is 47.9 Å². The Morgan fingerprint density at radius 3 is 2.14 bits per heavy atom. The van der Waals surface area contributed by atoms with Gasteiger partial charge in [-0.1, -0.05) is 12.1 Å². The van der Waals surface area contributed by atoms with Crippen molar-refractivity contribution < 1.29 is 29.4 Å². The molecule has 1 aromatic carbocycles. The van der Waals surface area contributed by atoms with Gasteiger partial charge in [0.2, 0.25) is 17.7 Å². The number of thiol groups is 1. The van der Waals surface area contributed by atoms with E-state index in [2.05, 4.69) is 33.6 Å². The molecule has 1 rings (SSSR count). The molecule has 3 amide bonds. The second kappa shape index (κ2) is 14.7. The first-order valence-corrected chi connectivity index (χ1v) is 11.4. The molecule has 0 bridgehead atoms. The first-order valence-electron chi connectivity index (χ1n) is 10.8. The number of aliphatic carboxylic acids is 1. The molecule has 0 aliphatic heterocycles. The Morgan fingerprint density at radius 2 is 1.60 bits per heavy atom. The highest BCUT2D eigenvalue weighted by molar-refractivity contribution is 7.80. The van der Waals surface area contributed by atoms with Gasteiger partial charge in [0.15, 0.2) is 5.96 Å². The largest absolute Gasteiger partial charge is 0.508 e. The van der Waals surface area contributed by atoms with Crippen molar-refractivity contribution >= 4 is 42.3 Å². The molecule has 0 aliphatic rings. The van der Waals surface area contributed by atoms with Crippen LogP contribution in [0.15, 0.2) is 29.3 Å². The predicted octanol–water partition coefficient (Wildman–Crippen LogP) is -2.20. The lowest BCUT2D eigenvalue weighted by Crippen LogP contribution is -2.57. The van der Waals surface area contributed by atoms with Crippen LogP contribution in [-0.2, 0) is 25.6 Å². The quantitative estimate of drug-likeness (QED) is 0.0569. The van der Waals surface area contributed by atoms with Gasteiger partial charge in [-0.05, 0) is 37.5 Å². The van der Waals surface area contributed by atoms with Crippen LogP contribution in [0.25, 0.3) is 0 Å². The van der Waals surface area contributed by atoms with Crippen LogP contribution >= 0.6 is 12.6 Å². The Morgan fingerprint density at radius 1 is 1.00 bits per heavy atom. The fraction of sp³-hybridized carbons (Fsp3) is 0.476. The molecule has 0 saturated carbocycles. The number of aliphatic imine (C=N–C) groups is 1. The van der Waals surface area contributed by atoms with Gasteiger partial charge in [-0.3, -0.25) is 19.4 Å². The molecule has 14 heteroatoms. The highest BCUT2D eigenvalue weighted by Crippen LogP contribution is 2.12. The van der Waals surface area contributed by atoms with Crippen molar-refractivity contribution in [1.82, 2.24) is 16.0 Å². The number of carbonyl (C=O) groups is 4. The predicted molar refractivity (Wildman–Crippen MR) is 133 cm³/mol. The Hall–Kier alpha value is -3.52. The third-order valence-electron chi connectivity index (χ3n) is 4.85. The number of benzene rings is 1. The van der Waals surface area contributed by atoms with Crippen molar-refractivity contribution in [2.24, 2.45) is 22.2 Å². The van der Waals surface area contributed by atoms with Gasteiger partial charge in [-0.2, -0.15) is 12.6 Å². The van der Waals surface area contributed by atoms with E-state index in [1.807, 2.05) is 0 Å². The number of guanidine groups is 1. The van der Waals surface area contributed by atoms with E-state index in [9.17, 15) is 29.4 Å². The molecule has 1 aromatic rings. The summed E-state index contributed by atoms with van der Waals surface area (Å²) in [6, 6.07) is 1.65. The number of nitrogens with one attached hydrogen (secondary N) is 3. The summed E-state index contributed by atoms with van der Waals surface area (Å²) in [5, 5.41) is 26.2. The minimum absolute atomic E-state index is 0.0347. The number of carboxylic acid groups (broad SMARTS) is 1. The van der Waals surface area contributed by atoms with E-state index in [-0.39, 0.29) is 36.8 Å². The number of rotatable bonds is 14. The Labute approximate surface area is 208 Å². The number of phenols is 1. The van der Waals surface area contributed by atoms with Crippen LogP contribution in [0.1, 0.15) is 25.3 Å². The third kappa shape index (κ3) is 11.0. The summed E-state index contributed by atoms with van der Waals surface area (Å²) < 4.78 is 0. The normalized spacial score (nSPS) is 14.0. The van der Waals surface area contributed by atoms with Gasteiger partial charge < -0.3 is 43.4 Å². The van der Waals surface area contributed by atoms with Crippen LogP contribution in [0.5, 0.6) is 5.75 Å². The van der Waals surface area contributed by atoms with Crippen LogP contribution in [0.4, 0.5) is 0 Å². The molecular formula is C21H33N7O6S. The lowest BCUT2D eigenvalue weighted by atomic mass is 10.0. The fourth-order valence-electron chi connectivity index (χ4n) is 2.88. The van der Waals surface area contributed by atoms with Crippen molar-refractivity contribution in [1.29, 1.82) is 0 Å². The van der Waals surface area contributed by atoms with Crippen LogP contribution in [0.2, 0.25) is 0 Å². The molecule has 0 aromatic heterocycles. The summed E-state index contributed by atoms with van der Waals surface area (Å²) >= 11 is 3.98. The molecular weight excluding hydrogens is 478 g/mol. The molecule has 35 heavy (non-hydrogen) atoms. The van der Waals surface area contributed by atoms with E-state index in [0.29, 0.717) is 12.0 Å². The molecule has 0 saturated heterocycles. The highest BCUT2D eigenvalue weighted by atomic mass is 32.1. The smallest absolute Gasteiger partial charge is 0.326 e. The van der Waals surface area contributed by atoms with Crippen molar-refractivity contribution in [3.8, 4) is 5.75 Å². The summed E-state index contributed by atoms with van der Waals surface area (Å²) in [7, 11) is 0. The summed E-state index contributed by atoms with van der Waals surface area (Å²) in [5.74, 6) is -3.30. The van der Waals surface area contributed by atoms with Crippen molar-refractivity contribution in [3.63, 3.8) is 0 Å². The minimum atomic E-state index is -1.25. The molecule has 11 N–H and O–H groups in total. The van der Waals surface area contributed by atoms with Gasteiger partial charge in [-0.15, -0.1) is 0 Å². The van der Waals surface area contributed by atoms with E-state index in [4.69, 9.17) is 17.2 Å². The number of hydrogen-bond donors (Lipinski definition) is 9. The maximum Gasteiger partial charge on any atom is 0.326 e. The van der Waals surface area contributed by atoms with Gasteiger partial charge in [-0.25, -0.2) is 4.79 Å². The van der Waals surface area contributed by atoms with Gasteiger partial charge in [0.25, 0.3) is 0 Å². The number of carbonyl (C=O) groups excluding carboxylic acids is 3. The number of phenolic OH excluding ortho intramolecular Hbond substituents is 1. The zero-order valence-corrected chi connectivity index (χ0v) is 20.2. The van der Waals surface area contributed by atoms with Crippen LogP contribution < -0.4 is 33.2 Å². The van der Waals surface area contributed by atoms with Crippen LogP contribution in [-0.4, -0.2) is 76.3 Å². The van der Waals surface area contributed by atoms with E-state index >= 15 is 0 Å². The summed E-state index contributed by atoms with van der Waals surface area (Å²) in [6.07, 6.45) is 0.426. The number of amides is 3. The van der Waals surface area contributed by atoms with Gasteiger partial charge in [0.1, 0.15) is 23.9 Å². The third-order valence-corrected chi connectivity index (χ3v) is 5.25. The highest BCUT2D eigenvalue weighted by Gasteiger charge is 2.28. The molecule has 13 nitrogen and oxygen atoms in total.